The molecule has 386 valence electrons. The zero-order valence-electron chi connectivity index (χ0n) is 42.7. The number of carbonyl (C=O) groups excluding carboxylic acids is 4. The van der Waals surface area contributed by atoms with Crippen LogP contribution in [0.1, 0.15) is 220 Å². The van der Waals surface area contributed by atoms with Gasteiger partial charge in [-0.25, -0.2) is 0 Å². The Kier molecular flexibility index (Phi) is 48.0. The average Bonchev–Trinajstić information content (AvgIpc) is 3.31. The maximum atomic E-state index is 12.7. The third-order valence-electron chi connectivity index (χ3n) is 11.3. The van der Waals surface area contributed by atoms with Gasteiger partial charge in [0.2, 0.25) is 0 Å². The highest BCUT2D eigenvalue weighted by molar-refractivity contribution is 5.70. The summed E-state index contributed by atoms with van der Waals surface area (Å²) in [5.74, 6) is -1.47. The van der Waals surface area contributed by atoms with E-state index in [9.17, 15) is 24.3 Å². The van der Waals surface area contributed by atoms with Crippen LogP contribution >= 0.6 is 0 Å². The Bertz CT molecular complexity index is 1130. The molecule has 12 heteroatoms. The standard InChI is InChI=1S/C54H99NO11/c1-5-9-13-17-21-31-44-62-54(63-45-32-22-18-14-10-6-2)38-37-53(60)61-43-30-23-19-20-28-39-55(41-33-42-56)40-29-24-27-36-52(59)66-48-49(46-64-50(57)34-25-15-11-7-3)47-65-51(58)35-26-16-12-8-4/h9-10,13-14,49,54,56H,5-8,11-12,15-48H2,1-4H3/b13-9-,14-10-. The van der Waals surface area contributed by atoms with Gasteiger partial charge in [0.15, 0.2) is 6.29 Å². The second-order valence-electron chi connectivity index (χ2n) is 17.7. The van der Waals surface area contributed by atoms with Crippen molar-refractivity contribution in [1.29, 1.82) is 0 Å². The van der Waals surface area contributed by atoms with Crippen LogP contribution in [0.5, 0.6) is 0 Å². The average molecular weight is 938 g/mol. The van der Waals surface area contributed by atoms with Gasteiger partial charge >= 0.3 is 23.9 Å². The van der Waals surface area contributed by atoms with Gasteiger partial charge in [-0.05, 0) is 109 Å². The zero-order chi connectivity index (χ0) is 48.4. The van der Waals surface area contributed by atoms with Crippen molar-refractivity contribution in [2.45, 2.75) is 227 Å². The minimum absolute atomic E-state index is 0.0351. The van der Waals surface area contributed by atoms with Gasteiger partial charge in [0.25, 0.3) is 0 Å². The molecule has 1 N–H and O–H groups in total. The Morgan fingerprint density at radius 3 is 1.32 bits per heavy atom. The van der Waals surface area contributed by atoms with E-state index in [4.69, 9.17) is 28.4 Å². The first-order valence-corrected chi connectivity index (χ1v) is 26.8. The van der Waals surface area contributed by atoms with Crippen LogP contribution in [-0.4, -0.2) is 106 Å². The maximum Gasteiger partial charge on any atom is 0.305 e. The second kappa shape index (κ2) is 50.1. The maximum absolute atomic E-state index is 12.7. The van der Waals surface area contributed by atoms with Crippen LogP contribution in [0.4, 0.5) is 0 Å². The van der Waals surface area contributed by atoms with Crippen molar-refractivity contribution < 1.29 is 52.7 Å². The summed E-state index contributed by atoms with van der Waals surface area (Å²) >= 11 is 0. The molecule has 0 rings (SSSR count). The van der Waals surface area contributed by atoms with Crippen LogP contribution in [0.2, 0.25) is 0 Å². The fourth-order valence-electron chi connectivity index (χ4n) is 7.20. The number of hydrogen-bond donors (Lipinski definition) is 1. The number of hydrogen-bond acceptors (Lipinski definition) is 12. The lowest BCUT2D eigenvalue weighted by Gasteiger charge is -2.22. The molecule has 0 spiro atoms. The molecule has 0 atom stereocenters. The minimum atomic E-state index is -0.406. The predicted molar refractivity (Wildman–Crippen MR) is 266 cm³/mol. The van der Waals surface area contributed by atoms with E-state index in [2.05, 4.69) is 56.9 Å². The molecule has 0 aliphatic heterocycles. The van der Waals surface area contributed by atoms with Crippen LogP contribution in [0.3, 0.4) is 0 Å². The van der Waals surface area contributed by atoms with E-state index in [0.29, 0.717) is 51.9 Å². The summed E-state index contributed by atoms with van der Waals surface area (Å²) in [5, 5.41) is 9.46. The number of aliphatic hydroxyl groups excluding tert-OH is 1. The Morgan fingerprint density at radius 2 is 0.848 bits per heavy atom. The van der Waals surface area contributed by atoms with E-state index in [1.165, 1.54) is 0 Å². The van der Waals surface area contributed by atoms with Gasteiger partial charge < -0.3 is 38.4 Å². The summed E-state index contributed by atoms with van der Waals surface area (Å²) in [5.41, 5.74) is 0. The van der Waals surface area contributed by atoms with E-state index in [1.54, 1.807) is 0 Å². The lowest BCUT2D eigenvalue weighted by Crippen LogP contribution is -2.28. The summed E-state index contributed by atoms with van der Waals surface area (Å²) in [7, 11) is 0. The molecule has 0 aromatic rings. The molecule has 0 amide bonds. The quantitative estimate of drug-likeness (QED) is 0.0203. The molecule has 0 aliphatic carbocycles. The smallest absolute Gasteiger partial charge is 0.305 e. The summed E-state index contributed by atoms with van der Waals surface area (Å²) in [6.07, 6.45) is 34.8. The molecule has 0 aromatic carbocycles. The third kappa shape index (κ3) is 45.0. The van der Waals surface area contributed by atoms with Crippen LogP contribution < -0.4 is 0 Å². The highest BCUT2D eigenvalue weighted by atomic mass is 16.7. The number of carbonyl (C=O) groups is 4. The largest absolute Gasteiger partial charge is 0.466 e. The number of ether oxygens (including phenoxy) is 6. The molecule has 12 nitrogen and oxygen atoms in total. The van der Waals surface area contributed by atoms with Crippen molar-refractivity contribution in [1.82, 2.24) is 4.90 Å². The van der Waals surface area contributed by atoms with Crippen molar-refractivity contribution >= 4 is 23.9 Å². The zero-order valence-corrected chi connectivity index (χ0v) is 42.7. The fraction of sp³-hybridized carbons (Fsp3) is 0.852. The van der Waals surface area contributed by atoms with Crippen molar-refractivity contribution in [3.8, 4) is 0 Å². The highest BCUT2D eigenvalue weighted by Gasteiger charge is 2.18. The topological polar surface area (TPSA) is 147 Å². The van der Waals surface area contributed by atoms with Gasteiger partial charge in [-0.15, -0.1) is 0 Å². The van der Waals surface area contributed by atoms with Crippen molar-refractivity contribution in [3.05, 3.63) is 24.3 Å². The van der Waals surface area contributed by atoms with Crippen LogP contribution in [0.15, 0.2) is 24.3 Å². The van der Waals surface area contributed by atoms with Crippen LogP contribution in [-0.2, 0) is 47.6 Å². The van der Waals surface area contributed by atoms with E-state index in [-0.39, 0.29) is 63.0 Å². The Labute approximate surface area is 403 Å². The molecule has 0 saturated heterocycles. The van der Waals surface area contributed by atoms with Gasteiger partial charge in [-0.3, -0.25) is 19.2 Å². The third-order valence-corrected chi connectivity index (χ3v) is 11.3. The van der Waals surface area contributed by atoms with E-state index in [0.717, 1.165) is 174 Å². The predicted octanol–water partition coefficient (Wildman–Crippen LogP) is 12.3. The van der Waals surface area contributed by atoms with Crippen molar-refractivity contribution in [2.24, 2.45) is 5.92 Å². The number of esters is 4. The lowest BCUT2D eigenvalue weighted by atomic mass is 10.1. The van der Waals surface area contributed by atoms with E-state index >= 15 is 0 Å². The molecule has 66 heavy (non-hydrogen) atoms. The number of nitrogens with zero attached hydrogens (tertiary/aromatic N) is 1. The van der Waals surface area contributed by atoms with Gasteiger partial charge in [0.1, 0.15) is 19.8 Å². The van der Waals surface area contributed by atoms with Crippen molar-refractivity contribution in [3.63, 3.8) is 0 Å². The first kappa shape index (κ1) is 63.2. The molecule has 0 fully saturated rings. The van der Waals surface area contributed by atoms with Crippen LogP contribution in [0, 0.1) is 5.92 Å². The number of unbranched alkanes of at least 4 members (excludes halogenated alkanes) is 16. The van der Waals surface area contributed by atoms with Gasteiger partial charge in [-0.2, -0.15) is 0 Å². The molecule has 0 unspecified atom stereocenters. The highest BCUT2D eigenvalue weighted by Crippen LogP contribution is 2.13. The summed E-state index contributed by atoms with van der Waals surface area (Å²) in [6, 6.07) is 0. The van der Waals surface area contributed by atoms with E-state index in [1.807, 2.05) is 0 Å². The monoisotopic (exact) mass is 938 g/mol. The van der Waals surface area contributed by atoms with Gasteiger partial charge in [-0.1, -0.05) is 116 Å². The Morgan fingerprint density at radius 1 is 0.439 bits per heavy atom. The van der Waals surface area contributed by atoms with Gasteiger partial charge in [0, 0.05) is 52.0 Å². The van der Waals surface area contributed by atoms with E-state index < -0.39 is 5.92 Å². The molecule has 0 aliphatic rings. The molecule has 0 saturated carbocycles. The molecule has 0 heterocycles. The second-order valence-corrected chi connectivity index (χ2v) is 17.7. The molecular formula is C54H99NO11. The molecule has 0 bridgehead atoms. The molecular weight excluding hydrogens is 839 g/mol. The summed E-state index contributed by atoms with van der Waals surface area (Å²) in [6.45, 7) is 13.2. The summed E-state index contributed by atoms with van der Waals surface area (Å²) in [4.78, 5) is 52.2. The molecule has 0 aromatic heterocycles. The Hall–Kier alpha value is -2.80. The molecule has 0 radical (unpaired) electrons. The SMILES string of the molecule is CC/C=C\CCCCOC(CCC(=O)OCCCCCCCN(CCCO)CCCCCC(=O)OCC(COC(=O)CCCCCC)COC(=O)CCCCCC)OCCCC/C=C\CC. The number of rotatable bonds is 50. The van der Waals surface area contributed by atoms with Crippen LogP contribution in [0.25, 0.3) is 0 Å². The fourth-order valence-corrected chi connectivity index (χ4v) is 7.20. The Balaban J connectivity index is 4.45. The number of allylic oxidation sites excluding steroid dienone is 4. The first-order valence-electron chi connectivity index (χ1n) is 26.8. The first-order chi connectivity index (χ1) is 32.3. The van der Waals surface area contributed by atoms with Crippen molar-refractivity contribution in [2.75, 3.05) is 65.9 Å². The van der Waals surface area contributed by atoms with Gasteiger partial charge in [0.05, 0.1) is 18.9 Å². The lowest BCUT2D eigenvalue weighted by molar-refractivity contribution is -0.159. The summed E-state index contributed by atoms with van der Waals surface area (Å²) < 4.78 is 34.2. The number of aliphatic hydroxyl groups is 1. The normalized spacial score (nSPS) is 11.8. The minimum Gasteiger partial charge on any atom is -0.466 e.